The summed E-state index contributed by atoms with van der Waals surface area (Å²) in [5.74, 6) is 0.673. The number of methoxy groups -OCH3 is 1. The summed E-state index contributed by atoms with van der Waals surface area (Å²) in [4.78, 5) is 24.1. The summed E-state index contributed by atoms with van der Waals surface area (Å²) in [6.07, 6.45) is 9.84. The number of carbonyl (C=O) groups excluding carboxylic acids is 2. The van der Waals surface area contributed by atoms with E-state index in [9.17, 15) is 9.59 Å². The van der Waals surface area contributed by atoms with E-state index < -0.39 is 0 Å². The van der Waals surface area contributed by atoms with Gasteiger partial charge in [0.05, 0.1) is 25.7 Å². The van der Waals surface area contributed by atoms with Crippen LogP contribution >= 0.6 is 0 Å². The number of hydrogen-bond acceptors (Lipinski definition) is 5. The van der Waals surface area contributed by atoms with Gasteiger partial charge in [0.1, 0.15) is 12.4 Å². The lowest BCUT2D eigenvalue weighted by molar-refractivity contribution is -0.144. The molecular formula is C38H46O5. The Morgan fingerprint density at radius 3 is 2.23 bits per heavy atom. The van der Waals surface area contributed by atoms with E-state index >= 15 is 0 Å². The zero-order valence-electron chi connectivity index (χ0n) is 26.4. The molecule has 3 aromatic rings. The van der Waals surface area contributed by atoms with Crippen molar-refractivity contribution in [3.8, 4) is 5.75 Å². The van der Waals surface area contributed by atoms with Crippen LogP contribution < -0.4 is 4.74 Å². The van der Waals surface area contributed by atoms with Crippen molar-refractivity contribution in [3.63, 3.8) is 0 Å². The summed E-state index contributed by atoms with van der Waals surface area (Å²) in [5, 5.41) is 0. The Labute approximate surface area is 257 Å². The van der Waals surface area contributed by atoms with Crippen molar-refractivity contribution >= 4 is 18.0 Å². The maximum Gasteiger partial charge on any atom is 0.337 e. The normalized spacial score (nSPS) is 14.7. The maximum absolute atomic E-state index is 12.2. The Hall–Kier alpha value is -3.86. The van der Waals surface area contributed by atoms with Crippen LogP contribution in [0.15, 0.2) is 78.9 Å². The van der Waals surface area contributed by atoms with E-state index in [1.54, 1.807) is 0 Å². The fourth-order valence-electron chi connectivity index (χ4n) is 5.42. The molecule has 0 N–H and O–H groups in total. The molecule has 0 radical (unpaired) electrons. The third-order valence-electron chi connectivity index (χ3n) is 8.38. The minimum absolute atomic E-state index is 0.0661. The molecular weight excluding hydrogens is 536 g/mol. The summed E-state index contributed by atoms with van der Waals surface area (Å²) in [6.45, 7) is 9.44. The topological polar surface area (TPSA) is 61.8 Å². The summed E-state index contributed by atoms with van der Waals surface area (Å²) in [6, 6.07) is 24.4. The lowest BCUT2D eigenvalue weighted by atomic mass is 9.87. The Balaban J connectivity index is 1.47. The first kappa shape index (κ1) is 32.1. The number of esters is 2. The molecule has 0 aliphatic heterocycles. The van der Waals surface area contributed by atoms with Gasteiger partial charge in [0.15, 0.2) is 0 Å². The molecule has 0 saturated heterocycles. The molecule has 4 rings (SSSR count). The van der Waals surface area contributed by atoms with E-state index in [4.69, 9.17) is 14.2 Å². The first-order chi connectivity index (χ1) is 20.6. The number of allylic oxidation sites excluding steroid dienone is 1. The average molecular weight is 583 g/mol. The number of para-hydroxylation sites is 1. The molecule has 5 heteroatoms. The number of carbonyl (C=O) groups is 2. The summed E-state index contributed by atoms with van der Waals surface area (Å²) < 4.78 is 16.4. The number of rotatable bonds is 14. The molecule has 3 aromatic carbocycles. The lowest BCUT2D eigenvalue weighted by Crippen LogP contribution is -2.14. The number of benzene rings is 3. The van der Waals surface area contributed by atoms with Crippen LogP contribution in [0, 0.1) is 11.3 Å². The molecule has 1 saturated carbocycles. The SMILES string of the molecule is CCOC(=O)CC1(CCC(/C=C/c2ccccc2OCc2ccc(C(C)(C)C)cc2)Cc2ccc(C(=O)OC)cc2)CC1. The highest BCUT2D eigenvalue weighted by Gasteiger charge is 2.44. The standard InChI is InChI=1S/C38H46O5/c1-6-42-35(39)26-38(23-24-38)22-21-29(25-28-12-17-32(18-13-28)36(40)41-5)11-16-31-9-7-8-10-34(31)43-27-30-14-19-33(20-15-30)37(2,3)4/h7-20,29H,6,21-27H2,1-5H3/b16-11+. The molecule has 43 heavy (non-hydrogen) atoms. The summed E-state index contributed by atoms with van der Waals surface area (Å²) in [5.41, 5.74) is 5.36. The highest BCUT2D eigenvalue weighted by molar-refractivity contribution is 5.89. The molecule has 228 valence electrons. The second kappa shape index (κ2) is 14.5. The number of hydrogen-bond donors (Lipinski definition) is 0. The molecule has 5 nitrogen and oxygen atoms in total. The summed E-state index contributed by atoms with van der Waals surface area (Å²) in [7, 11) is 1.39. The van der Waals surface area contributed by atoms with Gasteiger partial charge in [-0.1, -0.05) is 87.5 Å². The van der Waals surface area contributed by atoms with Gasteiger partial charge in [-0.2, -0.15) is 0 Å². The summed E-state index contributed by atoms with van der Waals surface area (Å²) >= 11 is 0. The molecule has 0 aromatic heterocycles. The smallest absolute Gasteiger partial charge is 0.337 e. The van der Waals surface area contributed by atoms with Crippen LogP contribution in [0.3, 0.4) is 0 Å². The first-order valence-electron chi connectivity index (χ1n) is 15.4. The quantitative estimate of drug-likeness (QED) is 0.178. The number of ether oxygens (including phenoxy) is 3. The molecule has 0 spiro atoms. The van der Waals surface area contributed by atoms with E-state index in [1.807, 2.05) is 49.4 Å². The van der Waals surface area contributed by atoms with Crippen molar-refractivity contribution < 1.29 is 23.8 Å². The monoisotopic (exact) mass is 582 g/mol. The van der Waals surface area contributed by atoms with Gasteiger partial charge in [-0.3, -0.25) is 4.79 Å². The zero-order chi connectivity index (χ0) is 30.9. The van der Waals surface area contributed by atoms with Crippen LogP contribution in [0.5, 0.6) is 5.75 Å². The van der Waals surface area contributed by atoms with Crippen molar-refractivity contribution in [3.05, 3.63) is 107 Å². The molecule has 1 aliphatic rings. The van der Waals surface area contributed by atoms with Gasteiger partial charge >= 0.3 is 11.9 Å². The first-order valence-corrected chi connectivity index (χ1v) is 15.4. The molecule has 0 bridgehead atoms. The van der Waals surface area contributed by atoms with Crippen LogP contribution in [0.2, 0.25) is 0 Å². The van der Waals surface area contributed by atoms with Crippen LogP contribution in [-0.4, -0.2) is 25.7 Å². The lowest BCUT2D eigenvalue weighted by Gasteiger charge is -2.19. The molecule has 0 amide bonds. The van der Waals surface area contributed by atoms with Gasteiger partial charge in [0, 0.05) is 5.56 Å². The highest BCUT2D eigenvalue weighted by atomic mass is 16.5. The van der Waals surface area contributed by atoms with E-state index in [0.717, 1.165) is 54.5 Å². The van der Waals surface area contributed by atoms with Gasteiger partial charge in [0.25, 0.3) is 0 Å². The zero-order valence-corrected chi connectivity index (χ0v) is 26.4. The van der Waals surface area contributed by atoms with Gasteiger partial charge in [-0.15, -0.1) is 0 Å². The average Bonchev–Trinajstić information content (AvgIpc) is 3.76. The molecule has 0 heterocycles. The van der Waals surface area contributed by atoms with Gasteiger partial charge in [-0.05, 0) is 90.7 Å². The van der Waals surface area contributed by atoms with Gasteiger partial charge < -0.3 is 14.2 Å². The third-order valence-corrected chi connectivity index (χ3v) is 8.38. The van der Waals surface area contributed by atoms with Crippen molar-refractivity contribution in [2.75, 3.05) is 13.7 Å². The second-order valence-corrected chi connectivity index (χ2v) is 12.8. The van der Waals surface area contributed by atoms with E-state index in [-0.39, 0.29) is 28.7 Å². The van der Waals surface area contributed by atoms with Crippen molar-refractivity contribution in [1.29, 1.82) is 0 Å². The molecule has 1 unspecified atom stereocenters. The minimum Gasteiger partial charge on any atom is -0.488 e. The van der Waals surface area contributed by atoms with Crippen LogP contribution in [0.1, 0.15) is 92.4 Å². The van der Waals surface area contributed by atoms with Crippen LogP contribution in [-0.2, 0) is 32.7 Å². The Bertz CT molecular complexity index is 1380. The van der Waals surface area contributed by atoms with Crippen molar-refractivity contribution in [2.24, 2.45) is 11.3 Å². The minimum atomic E-state index is -0.334. The van der Waals surface area contributed by atoms with Gasteiger partial charge in [0.2, 0.25) is 0 Å². The Kier molecular flexibility index (Phi) is 10.8. The fourth-order valence-corrected chi connectivity index (χ4v) is 5.42. The Morgan fingerprint density at radius 1 is 0.930 bits per heavy atom. The van der Waals surface area contributed by atoms with Crippen LogP contribution in [0.4, 0.5) is 0 Å². The second-order valence-electron chi connectivity index (χ2n) is 12.8. The van der Waals surface area contributed by atoms with E-state index in [2.05, 4.69) is 63.3 Å². The van der Waals surface area contributed by atoms with Crippen molar-refractivity contribution in [2.45, 2.75) is 78.2 Å². The van der Waals surface area contributed by atoms with E-state index in [0.29, 0.717) is 25.2 Å². The van der Waals surface area contributed by atoms with Crippen LogP contribution in [0.25, 0.3) is 6.08 Å². The maximum atomic E-state index is 12.2. The largest absolute Gasteiger partial charge is 0.488 e. The van der Waals surface area contributed by atoms with E-state index in [1.165, 1.54) is 12.7 Å². The molecule has 1 atom stereocenters. The molecule has 1 aliphatic carbocycles. The third kappa shape index (κ3) is 9.57. The predicted octanol–water partition coefficient (Wildman–Crippen LogP) is 8.74. The van der Waals surface area contributed by atoms with Gasteiger partial charge in [-0.25, -0.2) is 4.79 Å². The predicted molar refractivity (Wildman–Crippen MR) is 172 cm³/mol. The highest BCUT2D eigenvalue weighted by Crippen LogP contribution is 2.53. The Morgan fingerprint density at radius 2 is 1.60 bits per heavy atom. The fraction of sp³-hybridized carbons (Fsp3) is 0.421. The molecule has 1 fully saturated rings. The van der Waals surface area contributed by atoms with Crippen molar-refractivity contribution in [1.82, 2.24) is 0 Å².